The van der Waals surface area contributed by atoms with Gasteiger partial charge in [0.1, 0.15) is 11.6 Å². The van der Waals surface area contributed by atoms with Crippen LogP contribution in [-0.2, 0) is 6.54 Å². The minimum atomic E-state index is 0.692. The first-order chi connectivity index (χ1) is 9.19. The Morgan fingerprint density at radius 3 is 2.74 bits per heavy atom. The number of aryl methyl sites for hydroxylation is 2. The van der Waals surface area contributed by atoms with Crippen molar-refractivity contribution in [2.45, 2.75) is 27.3 Å². The van der Waals surface area contributed by atoms with Crippen molar-refractivity contribution in [3.63, 3.8) is 0 Å². The van der Waals surface area contributed by atoms with Crippen molar-refractivity contribution in [2.24, 2.45) is 0 Å². The second kappa shape index (κ2) is 6.18. The van der Waals surface area contributed by atoms with Gasteiger partial charge >= 0.3 is 0 Å². The van der Waals surface area contributed by atoms with E-state index in [1.165, 1.54) is 5.56 Å². The quantitative estimate of drug-likeness (QED) is 0.894. The van der Waals surface area contributed by atoms with Gasteiger partial charge in [0.05, 0.1) is 18.5 Å². The van der Waals surface area contributed by atoms with Gasteiger partial charge in [0, 0.05) is 12.7 Å². The average Bonchev–Trinajstić information content (AvgIpc) is 2.39. The van der Waals surface area contributed by atoms with Crippen LogP contribution in [0.5, 0.6) is 5.75 Å². The van der Waals surface area contributed by atoms with Gasteiger partial charge in [-0.25, -0.2) is 4.98 Å². The summed E-state index contributed by atoms with van der Waals surface area (Å²) in [4.78, 5) is 8.47. The second-order valence-corrected chi connectivity index (χ2v) is 4.43. The third-order valence-corrected chi connectivity index (χ3v) is 2.77. The molecule has 0 aliphatic rings. The van der Waals surface area contributed by atoms with E-state index in [1.54, 1.807) is 12.4 Å². The Labute approximate surface area is 113 Å². The predicted octanol–water partition coefficient (Wildman–Crippen LogP) is 3.10. The highest BCUT2D eigenvalue weighted by Gasteiger charge is 2.01. The standard InChI is InChI=1S/C15H19N3O/c1-4-19-14-6-5-13(7-11(14)2)9-17-15-10-16-8-12(3)18-15/h5-8,10H,4,9H2,1-3H3,(H,17,18). The minimum absolute atomic E-state index is 0.692. The van der Waals surface area contributed by atoms with Gasteiger partial charge in [0.25, 0.3) is 0 Å². The molecule has 0 unspecified atom stereocenters. The Hall–Kier alpha value is -2.10. The molecule has 0 spiro atoms. The first kappa shape index (κ1) is 13.3. The van der Waals surface area contributed by atoms with Gasteiger partial charge < -0.3 is 10.1 Å². The van der Waals surface area contributed by atoms with Gasteiger partial charge in [-0.15, -0.1) is 0 Å². The molecule has 0 aliphatic heterocycles. The first-order valence-corrected chi connectivity index (χ1v) is 6.44. The van der Waals surface area contributed by atoms with E-state index in [0.29, 0.717) is 6.61 Å². The van der Waals surface area contributed by atoms with Crippen molar-refractivity contribution < 1.29 is 4.74 Å². The lowest BCUT2D eigenvalue weighted by atomic mass is 10.1. The zero-order valence-corrected chi connectivity index (χ0v) is 11.6. The fourth-order valence-corrected chi connectivity index (χ4v) is 1.88. The Balaban J connectivity index is 2.02. The van der Waals surface area contributed by atoms with Crippen LogP contribution in [0.1, 0.15) is 23.7 Å². The summed E-state index contributed by atoms with van der Waals surface area (Å²) in [5.74, 6) is 1.74. The zero-order valence-electron chi connectivity index (χ0n) is 11.6. The lowest BCUT2D eigenvalue weighted by Gasteiger charge is -2.10. The molecule has 1 aromatic carbocycles. The molecule has 0 radical (unpaired) electrons. The summed E-state index contributed by atoms with van der Waals surface area (Å²) in [6.07, 6.45) is 3.47. The lowest BCUT2D eigenvalue weighted by molar-refractivity contribution is 0.338. The van der Waals surface area contributed by atoms with Crippen molar-refractivity contribution in [1.29, 1.82) is 0 Å². The highest BCUT2D eigenvalue weighted by molar-refractivity contribution is 5.39. The normalized spacial score (nSPS) is 10.3. The van der Waals surface area contributed by atoms with Crippen molar-refractivity contribution in [2.75, 3.05) is 11.9 Å². The molecule has 0 amide bonds. The summed E-state index contributed by atoms with van der Waals surface area (Å²) < 4.78 is 5.53. The second-order valence-electron chi connectivity index (χ2n) is 4.43. The van der Waals surface area contributed by atoms with E-state index in [-0.39, 0.29) is 0 Å². The number of hydrogen-bond donors (Lipinski definition) is 1. The van der Waals surface area contributed by atoms with E-state index >= 15 is 0 Å². The fourth-order valence-electron chi connectivity index (χ4n) is 1.88. The number of hydrogen-bond acceptors (Lipinski definition) is 4. The summed E-state index contributed by atoms with van der Waals surface area (Å²) in [5, 5.41) is 3.27. The van der Waals surface area contributed by atoms with Gasteiger partial charge in [-0.3, -0.25) is 4.98 Å². The van der Waals surface area contributed by atoms with Crippen LogP contribution in [0.25, 0.3) is 0 Å². The number of rotatable bonds is 5. The molecule has 100 valence electrons. The molecule has 0 saturated heterocycles. The molecule has 0 fully saturated rings. The van der Waals surface area contributed by atoms with Crippen molar-refractivity contribution in [1.82, 2.24) is 9.97 Å². The molecule has 0 atom stereocenters. The topological polar surface area (TPSA) is 47.0 Å². The summed E-state index contributed by atoms with van der Waals surface area (Å²) >= 11 is 0. The summed E-state index contributed by atoms with van der Waals surface area (Å²) in [6, 6.07) is 6.20. The first-order valence-electron chi connectivity index (χ1n) is 6.44. The highest BCUT2D eigenvalue weighted by atomic mass is 16.5. The van der Waals surface area contributed by atoms with Crippen molar-refractivity contribution >= 4 is 5.82 Å². The number of benzene rings is 1. The molecule has 4 nitrogen and oxygen atoms in total. The Bertz CT molecular complexity index is 555. The van der Waals surface area contributed by atoms with Crippen LogP contribution in [0.4, 0.5) is 5.82 Å². The van der Waals surface area contributed by atoms with Gasteiger partial charge in [0.2, 0.25) is 0 Å². The molecule has 1 heterocycles. The molecule has 2 aromatic rings. The number of anilines is 1. The molecule has 0 saturated carbocycles. The SMILES string of the molecule is CCOc1ccc(CNc2cncc(C)n2)cc1C. The van der Waals surface area contributed by atoms with Gasteiger partial charge in [-0.1, -0.05) is 12.1 Å². The van der Waals surface area contributed by atoms with Crippen LogP contribution >= 0.6 is 0 Å². The van der Waals surface area contributed by atoms with Crippen molar-refractivity contribution in [3.8, 4) is 5.75 Å². The Kier molecular flexibility index (Phi) is 4.34. The molecule has 0 bridgehead atoms. The Morgan fingerprint density at radius 1 is 1.21 bits per heavy atom. The molecule has 4 heteroatoms. The largest absolute Gasteiger partial charge is 0.494 e. The predicted molar refractivity (Wildman–Crippen MR) is 76.4 cm³/mol. The fraction of sp³-hybridized carbons (Fsp3) is 0.333. The van der Waals surface area contributed by atoms with Gasteiger partial charge in [0.15, 0.2) is 0 Å². The van der Waals surface area contributed by atoms with Crippen LogP contribution in [0, 0.1) is 13.8 Å². The van der Waals surface area contributed by atoms with Crippen LogP contribution in [0.3, 0.4) is 0 Å². The molecular formula is C15H19N3O. The summed E-state index contributed by atoms with van der Waals surface area (Å²) in [5.41, 5.74) is 3.26. The van der Waals surface area contributed by atoms with Crippen LogP contribution in [0.2, 0.25) is 0 Å². The third-order valence-electron chi connectivity index (χ3n) is 2.77. The highest BCUT2D eigenvalue weighted by Crippen LogP contribution is 2.19. The number of ether oxygens (including phenoxy) is 1. The molecule has 1 N–H and O–H groups in total. The zero-order chi connectivity index (χ0) is 13.7. The summed E-state index contributed by atoms with van der Waals surface area (Å²) in [6.45, 7) is 7.40. The minimum Gasteiger partial charge on any atom is -0.494 e. The van der Waals surface area contributed by atoms with E-state index in [4.69, 9.17) is 4.74 Å². The molecule has 2 rings (SSSR count). The van der Waals surface area contributed by atoms with Gasteiger partial charge in [-0.05, 0) is 38.0 Å². The number of nitrogens with one attached hydrogen (secondary N) is 1. The number of nitrogens with zero attached hydrogens (tertiary/aromatic N) is 2. The van der Waals surface area contributed by atoms with Crippen LogP contribution < -0.4 is 10.1 Å². The van der Waals surface area contributed by atoms with E-state index in [0.717, 1.165) is 29.4 Å². The van der Waals surface area contributed by atoms with E-state index in [9.17, 15) is 0 Å². The van der Waals surface area contributed by atoms with E-state index in [1.807, 2.05) is 19.9 Å². The summed E-state index contributed by atoms with van der Waals surface area (Å²) in [7, 11) is 0. The smallest absolute Gasteiger partial charge is 0.145 e. The Morgan fingerprint density at radius 2 is 2.05 bits per heavy atom. The number of aromatic nitrogens is 2. The maximum Gasteiger partial charge on any atom is 0.145 e. The molecule has 19 heavy (non-hydrogen) atoms. The van der Waals surface area contributed by atoms with E-state index in [2.05, 4.69) is 34.3 Å². The van der Waals surface area contributed by atoms with Crippen LogP contribution in [0.15, 0.2) is 30.6 Å². The van der Waals surface area contributed by atoms with Gasteiger partial charge in [-0.2, -0.15) is 0 Å². The molecule has 0 aliphatic carbocycles. The average molecular weight is 257 g/mol. The lowest BCUT2D eigenvalue weighted by Crippen LogP contribution is -2.03. The maximum atomic E-state index is 5.53. The third kappa shape index (κ3) is 3.68. The molecule has 1 aromatic heterocycles. The monoisotopic (exact) mass is 257 g/mol. The van der Waals surface area contributed by atoms with Crippen LogP contribution in [-0.4, -0.2) is 16.6 Å². The maximum absolute atomic E-state index is 5.53. The van der Waals surface area contributed by atoms with Crippen molar-refractivity contribution in [3.05, 3.63) is 47.4 Å². The van der Waals surface area contributed by atoms with E-state index < -0.39 is 0 Å². The molecular weight excluding hydrogens is 238 g/mol.